The Hall–Kier alpha value is -0.610. The maximum atomic E-state index is 12.6. The van der Waals surface area contributed by atoms with Crippen LogP contribution >= 0.6 is 0 Å². The van der Waals surface area contributed by atoms with Crippen molar-refractivity contribution in [2.24, 2.45) is 11.8 Å². The van der Waals surface area contributed by atoms with E-state index in [0.29, 0.717) is 31.8 Å². The summed E-state index contributed by atoms with van der Waals surface area (Å²) in [5, 5.41) is 0. The molecule has 2 aliphatic carbocycles. The molecule has 0 aromatic rings. The molecule has 4 nitrogen and oxygen atoms in total. The predicted octanol–water partition coefficient (Wildman–Crippen LogP) is 7.62. The van der Waals surface area contributed by atoms with Crippen LogP contribution in [0.5, 0.6) is 0 Å². The number of rotatable bonds is 17. The van der Waals surface area contributed by atoms with Crippen LogP contribution in [-0.4, -0.2) is 38.0 Å². The number of esters is 1. The molecule has 0 radical (unpaired) electrons. The largest absolute Gasteiger partial charge is 0.465 e. The van der Waals surface area contributed by atoms with Gasteiger partial charge in [0.25, 0.3) is 0 Å². The molecule has 0 N–H and O–H groups in total. The van der Waals surface area contributed by atoms with E-state index in [1.807, 2.05) is 0 Å². The number of hydrogen-bond acceptors (Lipinski definition) is 4. The molecule has 0 aliphatic heterocycles. The highest BCUT2D eigenvalue weighted by molar-refractivity contribution is 5.72. The van der Waals surface area contributed by atoms with Gasteiger partial charge in [-0.2, -0.15) is 0 Å². The van der Waals surface area contributed by atoms with Crippen molar-refractivity contribution in [3.8, 4) is 0 Å². The SMILES string of the molecule is CCCCCCCCCCOC(=O)C1CCC(OCCOC2CCCCC2)C(CCC)C1. The average Bonchev–Trinajstić information content (AvgIpc) is 2.82. The lowest BCUT2D eigenvalue weighted by molar-refractivity contribution is -0.152. The molecule has 32 heavy (non-hydrogen) atoms. The van der Waals surface area contributed by atoms with Crippen LogP contribution in [0, 0.1) is 11.8 Å². The normalized spacial score (nSPS) is 24.5. The molecular formula is C28H52O4. The summed E-state index contributed by atoms with van der Waals surface area (Å²) in [5.74, 6) is 0.580. The van der Waals surface area contributed by atoms with E-state index in [1.165, 1.54) is 77.0 Å². The van der Waals surface area contributed by atoms with Crippen molar-refractivity contribution >= 4 is 5.97 Å². The topological polar surface area (TPSA) is 44.8 Å². The Labute approximate surface area is 198 Å². The average molecular weight is 453 g/mol. The van der Waals surface area contributed by atoms with E-state index in [4.69, 9.17) is 14.2 Å². The Morgan fingerprint density at radius 3 is 2.12 bits per heavy atom. The number of carbonyl (C=O) groups is 1. The maximum Gasteiger partial charge on any atom is 0.308 e. The highest BCUT2D eigenvalue weighted by Crippen LogP contribution is 2.35. The highest BCUT2D eigenvalue weighted by atomic mass is 16.5. The fraction of sp³-hybridized carbons (Fsp3) is 0.964. The summed E-state index contributed by atoms with van der Waals surface area (Å²) in [4.78, 5) is 12.6. The molecule has 2 rings (SSSR count). The quantitative estimate of drug-likeness (QED) is 0.168. The molecule has 0 amide bonds. The van der Waals surface area contributed by atoms with Crippen LogP contribution in [0.1, 0.15) is 129 Å². The number of ether oxygens (including phenoxy) is 3. The van der Waals surface area contributed by atoms with Gasteiger partial charge in [-0.15, -0.1) is 0 Å². The molecule has 188 valence electrons. The first-order valence-corrected chi connectivity index (χ1v) is 14.1. The number of carbonyl (C=O) groups excluding carboxylic acids is 1. The lowest BCUT2D eigenvalue weighted by Crippen LogP contribution is -2.36. The Kier molecular flexibility index (Phi) is 15.4. The summed E-state index contributed by atoms with van der Waals surface area (Å²) in [6.45, 7) is 6.49. The molecule has 3 unspecified atom stereocenters. The summed E-state index contributed by atoms with van der Waals surface area (Å²) >= 11 is 0. The summed E-state index contributed by atoms with van der Waals surface area (Å²) in [6.07, 6.45) is 22.4. The van der Waals surface area contributed by atoms with Crippen LogP contribution in [0.25, 0.3) is 0 Å². The smallest absolute Gasteiger partial charge is 0.308 e. The fourth-order valence-electron chi connectivity index (χ4n) is 5.52. The van der Waals surface area contributed by atoms with Gasteiger partial charge in [0.1, 0.15) is 0 Å². The van der Waals surface area contributed by atoms with Crippen molar-refractivity contribution in [3.63, 3.8) is 0 Å². The molecule has 0 heterocycles. The minimum Gasteiger partial charge on any atom is -0.465 e. The second-order valence-electron chi connectivity index (χ2n) is 10.2. The predicted molar refractivity (Wildman–Crippen MR) is 132 cm³/mol. The summed E-state index contributed by atoms with van der Waals surface area (Å²) < 4.78 is 17.9. The van der Waals surface area contributed by atoms with Crippen molar-refractivity contribution in [1.29, 1.82) is 0 Å². The molecule has 4 heteroatoms. The van der Waals surface area contributed by atoms with Gasteiger partial charge < -0.3 is 14.2 Å². The third-order valence-electron chi connectivity index (χ3n) is 7.47. The van der Waals surface area contributed by atoms with Gasteiger partial charge in [-0.1, -0.05) is 84.5 Å². The van der Waals surface area contributed by atoms with E-state index in [0.717, 1.165) is 38.5 Å². The van der Waals surface area contributed by atoms with Crippen LogP contribution in [0.4, 0.5) is 0 Å². The highest BCUT2D eigenvalue weighted by Gasteiger charge is 2.34. The molecule has 3 atom stereocenters. The van der Waals surface area contributed by atoms with E-state index in [-0.39, 0.29) is 18.0 Å². The van der Waals surface area contributed by atoms with Crippen molar-refractivity contribution < 1.29 is 19.0 Å². The van der Waals surface area contributed by atoms with Gasteiger partial charge in [-0.05, 0) is 50.9 Å². The molecule has 2 fully saturated rings. The molecule has 0 spiro atoms. The lowest BCUT2D eigenvalue weighted by atomic mass is 9.77. The van der Waals surface area contributed by atoms with Crippen LogP contribution in [0.2, 0.25) is 0 Å². The first kappa shape index (κ1) is 27.6. The monoisotopic (exact) mass is 452 g/mol. The van der Waals surface area contributed by atoms with Gasteiger partial charge >= 0.3 is 5.97 Å². The van der Waals surface area contributed by atoms with Gasteiger partial charge in [0.2, 0.25) is 0 Å². The maximum absolute atomic E-state index is 12.6. The first-order valence-electron chi connectivity index (χ1n) is 14.1. The summed E-state index contributed by atoms with van der Waals surface area (Å²) in [7, 11) is 0. The lowest BCUT2D eigenvalue weighted by Gasteiger charge is -2.35. The van der Waals surface area contributed by atoms with Crippen molar-refractivity contribution in [3.05, 3.63) is 0 Å². The molecule has 2 saturated carbocycles. The Morgan fingerprint density at radius 2 is 1.41 bits per heavy atom. The van der Waals surface area contributed by atoms with Crippen LogP contribution in [0.15, 0.2) is 0 Å². The number of unbranched alkanes of at least 4 members (excludes halogenated alkanes) is 7. The third-order valence-corrected chi connectivity index (χ3v) is 7.47. The zero-order chi connectivity index (χ0) is 22.9. The Morgan fingerprint density at radius 1 is 0.719 bits per heavy atom. The minimum atomic E-state index is 0.0353. The zero-order valence-corrected chi connectivity index (χ0v) is 21.3. The fourth-order valence-corrected chi connectivity index (χ4v) is 5.52. The molecule has 0 aromatic heterocycles. The van der Waals surface area contributed by atoms with Crippen LogP contribution in [0.3, 0.4) is 0 Å². The number of hydrogen-bond donors (Lipinski definition) is 0. The van der Waals surface area contributed by atoms with Gasteiger partial charge in [0.05, 0.1) is 37.9 Å². The van der Waals surface area contributed by atoms with E-state index in [2.05, 4.69) is 13.8 Å². The standard InChI is InChI=1S/C28H52O4/c1-3-5-6-7-8-9-10-14-20-32-28(29)25-18-19-27(24(23-25)15-4-2)31-22-21-30-26-16-12-11-13-17-26/h24-27H,3-23H2,1-2H3. The van der Waals surface area contributed by atoms with Crippen molar-refractivity contribution in [2.45, 2.75) is 142 Å². The van der Waals surface area contributed by atoms with E-state index < -0.39 is 0 Å². The second kappa shape index (κ2) is 17.8. The zero-order valence-electron chi connectivity index (χ0n) is 21.3. The molecule has 0 aromatic carbocycles. The Balaban J connectivity index is 1.56. The molecule has 2 aliphatic rings. The van der Waals surface area contributed by atoms with Gasteiger partial charge in [-0.25, -0.2) is 0 Å². The molecule has 0 saturated heterocycles. The summed E-state index contributed by atoms with van der Waals surface area (Å²) in [6, 6.07) is 0. The van der Waals surface area contributed by atoms with Crippen molar-refractivity contribution in [2.75, 3.05) is 19.8 Å². The van der Waals surface area contributed by atoms with E-state index in [1.54, 1.807) is 0 Å². The third kappa shape index (κ3) is 11.5. The van der Waals surface area contributed by atoms with Crippen LogP contribution in [-0.2, 0) is 19.0 Å². The van der Waals surface area contributed by atoms with Gasteiger partial charge in [0.15, 0.2) is 0 Å². The van der Waals surface area contributed by atoms with Gasteiger partial charge in [0, 0.05) is 0 Å². The summed E-state index contributed by atoms with van der Waals surface area (Å²) in [5.41, 5.74) is 0. The molecule has 0 bridgehead atoms. The van der Waals surface area contributed by atoms with Crippen molar-refractivity contribution in [1.82, 2.24) is 0 Å². The first-order chi connectivity index (χ1) is 15.7. The van der Waals surface area contributed by atoms with Crippen LogP contribution < -0.4 is 0 Å². The molecular weight excluding hydrogens is 400 g/mol. The Bertz CT molecular complexity index is 460. The van der Waals surface area contributed by atoms with Gasteiger partial charge in [-0.3, -0.25) is 4.79 Å². The second-order valence-corrected chi connectivity index (χ2v) is 10.2. The van der Waals surface area contributed by atoms with E-state index >= 15 is 0 Å². The minimum absolute atomic E-state index is 0.0353. The van der Waals surface area contributed by atoms with E-state index in [9.17, 15) is 4.79 Å².